The van der Waals surface area contributed by atoms with Crippen LogP contribution in [0.4, 0.5) is 31.8 Å². The number of pyridine rings is 1. The van der Waals surface area contributed by atoms with Gasteiger partial charge in [-0.15, -0.1) is 5.11 Å². The molecule has 0 saturated carbocycles. The van der Waals surface area contributed by atoms with Crippen molar-refractivity contribution in [2.75, 3.05) is 11.5 Å². The van der Waals surface area contributed by atoms with Crippen LogP contribution >= 0.6 is 0 Å². The average molecular weight is 457 g/mol. The fourth-order valence-electron chi connectivity index (χ4n) is 3.50. The number of nitrogens with one attached hydrogen (secondary N) is 1. The lowest BCUT2D eigenvalue weighted by atomic mass is 10.0. The van der Waals surface area contributed by atoms with E-state index < -0.39 is 11.6 Å². The molecule has 0 radical (unpaired) electrons. The summed E-state index contributed by atoms with van der Waals surface area (Å²) in [4.78, 5) is 12.6. The molecule has 0 saturated heterocycles. The van der Waals surface area contributed by atoms with E-state index in [4.69, 9.17) is 11.5 Å². The monoisotopic (exact) mass is 457 g/mol. The van der Waals surface area contributed by atoms with Crippen LogP contribution in [-0.2, 0) is 6.42 Å². The number of rotatable bonds is 5. The molecule has 2 aromatic carbocycles. The summed E-state index contributed by atoms with van der Waals surface area (Å²) in [7, 11) is 0. The normalized spacial score (nSPS) is 11.5. The van der Waals surface area contributed by atoms with Gasteiger partial charge in [0.2, 0.25) is 0 Å². The van der Waals surface area contributed by atoms with Gasteiger partial charge in [0, 0.05) is 12.0 Å². The molecule has 0 aliphatic rings. The summed E-state index contributed by atoms with van der Waals surface area (Å²) in [5.41, 5.74) is 13.9. The van der Waals surface area contributed by atoms with E-state index in [0.717, 1.165) is 6.20 Å². The first-order chi connectivity index (χ1) is 16.5. The number of anilines is 2. The highest BCUT2D eigenvalue weighted by molar-refractivity contribution is 5.93. The summed E-state index contributed by atoms with van der Waals surface area (Å²) >= 11 is 0. The molecule has 0 fully saturated rings. The van der Waals surface area contributed by atoms with E-state index in [1.807, 2.05) is 18.2 Å². The molecule has 0 atom stereocenters. The van der Waals surface area contributed by atoms with E-state index >= 15 is 0 Å². The zero-order valence-electron chi connectivity index (χ0n) is 17.6. The van der Waals surface area contributed by atoms with Crippen molar-refractivity contribution >= 4 is 34.0 Å². The minimum Gasteiger partial charge on any atom is -0.382 e. The predicted octanol–water partition coefficient (Wildman–Crippen LogP) is 4.86. The lowest BCUT2D eigenvalue weighted by Crippen LogP contribution is -2.03. The van der Waals surface area contributed by atoms with Crippen molar-refractivity contribution in [2.24, 2.45) is 10.2 Å². The van der Waals surface area contributed by atoms with Gasteiger partial charge < -0.3 is 11.5 Å². The fraction of sp³-hybridized carbons (Fsp3) is 0.0435. The van der Waals surface area contributed by atoms with E-state index in [9.17, 15) is 8.78 Å². The molecular formula is C23H17F2N9. The molecule has 0 spiro atoms. The maximum Gasteiger partial charge on any atom is 0.182 e. The largest absolute Gasteiger partial charge is 0.382 e. The first-order valence-corrected chi connectivity index (χ1v) is 10.2. The number of hydrogen-bond acceptors (Lipinski definition) is 8. The van der Waals surface area contributed by atoms with Crippen LogP contribution in [0.5, 0.6) is 0 Å². The van der Waals surface area contributed by atoms with Crippen LogP contribution in [0.15, 0.2) is 71.0 Å². The smallest absolute Gasteiger partial charge is 0.182 e. The van der Waals surface area contributed by atoms with E-state index in [2.05, 4.69) is 35.4 Å². The number of hydrogen-bond donors (Lipinski definition) is 3. The number of benzene rings is 2. The Labute approximate surface area is 191 Å². The molecule has 5 N–H and O–H groups in total. The maximum absolute atomic E-state index is 14.9. The second-order valence-corrected chi connectivity index (χ2v) is 7.35. The zero-order valence-corrected chi connectivity index (χ0v) is 17.6. The van der Waals surface area contributed by atoms with Crippen molar-refractivity contribution < 1.29 is 8.78 Å². The van der Waals surface area contributed by atoms with Crippen LogP contribution in [0, 0.1) is 11.6 Å². The topological polar surface area (TPSA) is 144 Å². The van der Waals surface area contributed by atoms with Crippen molar-refractivity contribution in [3.8, 4) is 11.5 Å². The molecule has 3 heterocycles. The Balaban J connectivity index is 1.59. The van der Waals surface area contributed by atoms with Crippen molar-refractivity contribution in [3.05, 3.63) is 83.6 Å². The predicted molar refractivity (Wildman–Crippen MR) is 124 cm³/mol. The third-order valence-electron chi connectivity index (χ3n) is 5.15. The number of nitrogens with zero attached hydrogens (tertiary/aromatic N) is 6. The van der Waals surface area contributed by atoms with Crippen LogP contribution in [-0.4, -0.2) is 25.1 Å². The molecule has 5 rings (SSSR count). The highest BCUT2D eigenvalue weighted by Gasteiger charge is 2.21. The molecule has 0 unspecified atom stereocenters. The third-order valence-corrected chi connectivity index (χ3v) is 5.15. The van der Waals surface area contributed by atoms with Gasteiger partial charge in [-0.05, 0) is 23.8 Å². The zero-order chi connectivity index (χ0) is 23.7. The van der Waals surface area contributed by atoms with Crippen LogP contribution in [0.3, 0.4) is 0 Å². The lowest BCUT2D eigenvalue weighted by molar-refractivity contribution is 0.598. The van der Waals surface area contributed by atoms with Crippen LogP contribution < -0.4 is 11.5 Å². The Kier molecular flexibility index (Phi) is 5.34. The van der Waals surface area contributed by atoms with Crippen molar-refractivity contribution in [1.29, 1.82) is 0 Å². The first-order valence-electron chi connectivity index (χ1n) is 10.2. The van der Waals surface area contributed by atoms with Gasteiger partial charge in [0.25, 0.3) is 0 Å². The number of nitrogens with two attached hydrogens (primary N) is 2. The highest BCUT2D eigenvalue weighted by Crippen LogP contribution is 2.34. The Morgan fingerprint density at radius 2 is 1.56 bits per heavy atom. The van der Waals surface area contributed by atoms with Crippen molar-refractivity contribution in [2.45, 2.75) is 6.42 Å². The average Bonchev–Trinajstić information content (AvgIpc) is 3.26. The molecule has 0 amide bonds. The summed E-state index contributed by atoms with van der Waals surface area (Å²) in [6, 6.07) is 15.2. The Bertz CT molecular complexity index is 1510. The molecule has 0 aliphatic heterocycles. The van der Waals surface area contributed by atoms with E-state index in [-0.39, 0.29) is 46.5 Å². The van der Waals surface area contributed by atoms with Gasteiger partial charge in [0.15, 0.2) is 28.8 Å². The summed E-state index contributed by atoms with van der Waals surface area (Å²) in [6.07, 6.45) is 1.01. The number of aromatic amines is 1. The third kappa shape index (κ3) is 3.90. The molecule has 34 heavy (non-hydrogen) atoms. The van der Waals surface area contributed by atoms with E-state index in [1.165, 1.54) is 6.07 Å². The van der Waals surface area contributed by atoms with Gasteiger partial charge in [0.05, 0.1) is 17.3 Å². The second-order valence-electron chi connectivity index (χ2n) is 7.35. The van der Waals surface area contributed by atoms with Crippen LogP contribution in [0.25, 0.3) is 22.6 Å². The van der Waals surface area contributed by atoms with Crippen molar-refractivity contribution in [3.63, 3.8) is 0 Å². The number of H-pyrrole nitrogens is 1. The number of azo groups is 1. The highest BCUT2D eigenvalue weighted by atomic mass is 19.1. The van der Waals surface area contributed by atoms with E-state index in [0.29, 0.717) is 16.6 Å². The molecule has 11 heteroatoms. The van der Waals surface area contributed by atoms with E-state index in [1.54, 1.807) is 30.3 Å². The number of nitrogen functional groups attached to an aromatic ring is 2. The number of fused-ring (bicyclic) bond motifs is 1. The summed E-state index contributed by atoms with van der Waals surface area (Å²) in [5, 5.41) is 15.4. The summed E-state index contributed by atoms with van der Waals surface area (Å²) in [5.74, 6) is -1.05. The Morgan fingerprint density at radius 3 is 2.29 bits per heavy atom. The van der Waals surface area contributed by atoms with Crippen LogP contribution in [0.2, 0.25) is 0 Å². The molecule has 5 aromatic rings. The lowest BCUT2D eigenvalue weighted by Gasteiger charge is -2.09. The standard InChI is InChI=1S/C23H17F2N9/c24-15-9-5-4-6-12(15)10-14-16(25)11-28-22-17(14)18(32-34-22)23-29-20(26)19(21(27)30-23)33-31-13-7-2-1-3-8-13/h1-9,11H,10H2,(H,28,32,34)(H4,26,27,29,30). The number of aromatic nitrogens is 5. The molecule has 3 aromatic heterocycles. The van der Waals surface area contributed by atoms with Gasteiger partial charge in [-0.2, -0.15) is 10.2 Å². The molecular weight excluding hydrogens is 440 g/mol. The molecule has 168 valence electrons. The fourth-order valence-corrected chi connectivity index (χ4v) is 3.50. The minimum absolute atomic E-state index is 0.0232. The summed E-state index contributed by atoms with van der Waals surface area (Å²) in [6.45, 7) is 0. The van der Waals surface area contributed by atoms with Gasteiger partial charge in [0.1, 0.15) is 17.3 Å². The van der Waals surface area contributed by atoms with Crippen molar-refractivity contribution in [1.82, 2.24) is 25.1 Å². The SMILES string of the molecule is Nc1nc(-c2[nH]nc3ncc(F)c(Cc4ccccc4F)c23)nc(N)c1N=Nc1ccccc1. The van der Waals surface area contributed by atoms with Gasteiger partial charge in [-0.1, -0.05) is 36.4 Å². The first kappa shape index (κ1) is 21.1. The minimum atomic E-state index is -0.618. The molecule has 0 bridgehead atoms. The number of halogens is 2. The van der Waals surface area contributed by atoms with Gasteiger partial charge in [-0.3, -0.25) is 5.10 Å². The Morgan fingerprint density at radius 1 is 0.853 bits per heavy atom. The molecule has 9 nitrogen and oxygen atoms in total. The van der Waals surface area contributed by atoms with Gasteiger partial charge >= 0.3 is 0 Å². The maximum atomic E-state index is 14.9. The Hall–Kier alpha value is -4.80. The summed E-state index contributed by atoms with van der Waals surface area (Å²) < 4.78 is 29.1. The van der Waals surface area contributed by atoms with Crippen LogP contribution in [0.1, 0.15) is 11.1 Å². The molecule has 0 aliphatic carbocycles. The van der Waals surface area contributed by atoms with Gasteiger partial charge in [-0.25, -0.2) is 23.7 Å². The second kappa shape index (κ2) is 8.62. The quantitative estimate of drug-likeness (QED) is 0.321.